The van der Waals surface area contributed by atoms with Gasteiger partial charge in [0.2, 0.25) is 0 Å². The topological polar surface area (TPSA) is 60.2 Å². The second-order valence-electron chi connectivity index (χ2n) is 4.40. The second kappa shape index (κ2) is 4.62. The SMILES string of the molecule is CCS(=O)(=O)C1CC(C)CCC1CN. The molecule has 0 aromatic rings. The van der Waals surface area contributed by atoms with Gasteiger partial charge in [-0.05, 0) is 31.2 Å². The molecular formula is C10H21NO2S. The molecule has 1 aliphatic rings. The Bertz CT molecular complexity index is 274. The molecule has 1 fully saturated rings. The summed E-state index contributed by atoms with van der Waals surface area (Å²) in [7, 11) is -2.90. The van der Waals surface area contributed by atoms with E-state index in [1.807, 2.05) is 0 Å². The predicted molar refractivity (Wildman–Crippen MR) is 58.8 cm³/mol. The van der Waals surface area contributed by atoms with E-state index in [2.05, 4.69) is 6.92 Å². The molecule has 0 aliphatic heterocycles. The third-order valence-electron chi connectivity index (χ3n) is 3.36. The lowest BCUT2D eigenvalue weighted by Crippen LogP contribution is -2.40. The van der Waals surface area contributed by atoms with Gasteiger partial charge in [0, 0.05) is 5.75 Å². The maximum Gasteiger partial charge on any atom is 0.153 e. The summed E-state index contributed by atoms with van der Waals surface area (Å²) in [4.78, 5) is 0. The Kier molecular flexibility index (Phi) is 3.95. The van der Waals surface area contributed by atoms with Crippen molar-refractivity contribution in [2.24, 2.45) is 17.6 Å². The summed E-state index contributed by atoms with van der Waals surface area (Å²) < 4.78 is 23.6. The van der Waals surface area contributed by atoms with E-state index in [0.717, 1.165) is 19.3 Å². The van der Waals surface area contributed by atoms with E-state index < -0.39 is 9.84 Å². The first-order valence-corrected chi connectivity index (χ1v) is 7.14. The summed E-state index contributed by atoms with van der Waals surface area (Å²) in [6.45, 7) is 4.36. The van der Waals surface area contributed by atoms with E-state index >= 15 is 0 Å². The van der Waals surface area contributed by atoms with Crippen LogP contribution in [0.4, 0.5) is 0 Å². The van der Waals surface area contributed by atoms with Crippen LogP contribution in [0, 0.1) is 11.8 Å². The van der Waals surface area contributed by atoms with Gasteiger partial charge >= 0.3 is 0 Å². The Hall–Kier alpha value is -0.0900. The highest BCUT2D eigenvalue weighted by Gasteiger charge is 2.35. The lowest BCUT2D eigenvalue weighted by Gasteiger charge is -2.33. The van der Waals surface area contributed by atoms with Crippen LogP contribution in [-0.4, -0.2) is 26.0 Å². The third-order valence-corrected chi connectivity index (χ3v) is 5.66. The van der Waals surface area contributed by atoms with Crippen molar-refractivity contribution in [2.75, 3.05) is 12.3 Å². The Morgan fingerprint density at radius 3 is 2.50 bits per heavy atom. The minimum absolute atomic E-state index is 0.179. The molecule has 0 spiro atoms. The van der Waals surface area contributed by atoms with Crippen molar-refractivity contribution in [3.8, 4) is 0 Å². The Labute approximate surface area is 87.0 Å². The molecule has 1 saturated carbocycles. The number of hydrogen-bond donors (Lipinski definition) is 1. The van der Waals surface area contributed by atoms with Crippen molar-refractivity contribution in [1.29, 1.82) is 0 Å². The normalized spacial score (nSPS) is 34.4. The minimum Gasteiger partial charge on any atom is -0.330 e. The smallest absolute Gasteiger partial charge is 0.153 e. The van der Waals surface area contributed by atoms with Crippen LogP contribution in [0.1, 0.15) is 33.1 Å². The van der Waals surface area contributed by atoms with Gasteiger partial charge in [0.1, 0.15) is 0 Å². The van der Waals surface area contributed by atoms with Crippen LogP contribution in [0.25, 0.3) is 0 Å². The molecule has 0 aromatic carbocycles. The molecule has 2 N–H and O–H groups in total. The Morgan fingerprint density at radius 2 is 2.00 bits per heavy atom. The van der Waals surface area contributed by atoms with Crippen molar-refractivity contribution in [2.45, 2.75) is 38.4 Å². The molecule has 0 heterocycles. The fourth-order valence-corrected chi connectivity index (χ4v) is 4.20. The summed E-state index contributed by atoms with van der Waals surface area (Å²) in [6.07, 6.45) is 2.90. The number of sulfone groups is 1. The van der Waals surface area contributed by atoms with Crippen molar-refractivity contribution in [3.05, 3.63) is 0 Å². The van der Waals surface area contributed by atoms with Crippen LogP contribution in [0.5, 0.6) is 0 Å². The van der Waals surface area contributed by atoms with E-state index in [4.69, 9.17) is 5.73 Å². The van der Waals surface area contributed by atoms with E-state index in [9.17, 15) is 8.42 Å². The summed E-state index contributed by atoms with van der Waals surface area (Å²) in [5.74, 6) is 0.973. The summed E-state index contributed by atoms with van der Waals surface area (Å²) in [5.41, 5.74) is 5.63. The molecule has 0 saturated heterocycles. The lowest BCUT2D eigenvalue weighted by atomic mass is 9.82. The van der Waals surface area contributed by atoms with Crippen molar-refractivity contribution >= 4 is 9.84 Å². The van der Waals surface area contributed by atoms with Gasteiger partial charge in [0.15, 0.2) is 9.84 Å². The van der Waals surface area contributed by atoms with Crippen LogP contribution in [0.3, 0.4) is 0 Å². The standard InChI is InChI=1S/C10H21NO2S/c1-3-14(12,13)10-6-8(2)4-5-9(10)7-11/h8-10H,3-7,11H2,1-2H3. The average molecular weight is 219 g/mol. The highest BCUT2D eigenvalue weighted by molar-refractivity contribution is 7.92. The van der Waals surface area contributed by atoms with E-state index in [1.165, 1.54) is 0 Å². The quantitative estimate of drug-likeness (QED) is 0.775. The first kappa shape index (κ1) is 12.0. The van der Waals surface area contributed by atoms with Gasteiger partial charge in [-0.15, -0.1) is 0 Å². The first-order chi connectivity index (χ1) is 6.51. The van der Waals surface area contributed by atoms with Crippen LogP contribution in [0.2, 0.25) is 0 Å². The fraction of sp³-hybridized carbons (Fsp3) is 1.00. The highest BCUT2D eigenvalue weighted by atomic mass is 32.2. The fourth-order valence-electron chi connectivity index (χ4n) is 2.31. The maximum absolute atomic E-state index is 11.8. The monoisotopic (exact) mass is 219 g/mol. The van der Waals surface area contributed by atoms with Gasteiger partial charge in [-0.25, -0.2) is 8.42 Å². The zero-order valence-corrected chi connectivity index (χ0v) is 9.89. The molecule has 3 atom stereocenters. The summed E-state index contributed by atoms with van der Waals surface area (Å²) in [6, 6.07) is 0. The lowest BCUT2D eigenvalue weighted by molar-refractivity contribution is 0.296. The Morgan fingerprint density at radius 1 is 1.36 bits per heavy atom. The number of hydrogen-bond acceptors (Lipinski definition) is 3. The molecule has 3 unspecified atom stereocenters. The van der Waals surface area contributed by atoms with E-state index in [0.29, 0.717) is 12.5 Å². The van der Waals surface area contributed by atoms with E-state index in [1.54, 1.807) is 6.92 Å². The van der Waals surface area contributed by atoms with Crippen molar-refractivity contribution < 1.29 is 8.42 Å². The molecule has 0 radical (unpaired) electrons. The van der Waals surface area contributed by atoms with Gasteiger partial charge < -0.3 is 5.73 Å². The number of rotatable bonds is 3. The van der Waals surface area contributed by atoms with E-state index in [-0.39, 0.29) is 16.9 Å². The molecule has 0 amide bonds. The molecule has 0 bridgehead atoms. The summed E-state index contributed by atoms with van der Waals surface area (Å²) in [5, 5.41) is -0.179. The molecule has 3 nitrogen and oxygen atoms in total. The van der Waals surface area contributed by atoms with Gasteiger partial charge in [-0.3, -0.25) is 0 Å². The van der Waals surface area contributed by atoms with Gasteiger partial charge in [-0.2, -0.15) is 0 Å². The largest absolute Gasteiger partial charge is 0.330 e. The van der Waals surface area contributed by atoms with Crippen molar-refractivity contribution in [3.63, 3.8) is 0 Å². The first-order valence-electron chi connectivity index (χ1n) is 5.42. The molecule has 1 rings (SSSR count). The van der Waals surface area contributed by atoms with Crippen LogP contribution >= 0.6 is 0 Å². The Balaban J connectivity index is 2.81. The molecule has 0 aromatic heterocycles. The second-order valence-corrected chi connectivity index (χ2v) is 6.91. The molecule has 1 aliphatic carbocycles. The average Bonchev–Trinajstić information content (AvgIpc) is 2.18. The van der Waals surface area contributed by atoms with Gasteiger partial charge in [-0.1, -0.05) is 20.3 Å². The molecule has 14 heavy (non-hydrogen) atoms. The van der Waals surface area contributed by atoms with Crippen LogP contribution < -0.4 is 5.73 Å². The molecule has 4 heteroatoms. The maximum atomic E-state index is 11.8. The van der Waals surface area contributed by atoms with Crippen molar-refractivity contribution in [1.82, 2.24) is 0 Å². The van der Waals surface area contributed by atoms with Crippen LogP contribution in [-0.2, 0) is 9.84 Å². The third kappa shape index (κ3) is 2.48. The number of nitrogens with two attached hydrogens (primary N) is 1. The highest BCUT2D eigenvalue weighted by Crippen LogP contribution is 2.32. The van der Waals surface area contributed by atoms with Crippen LogP contribution in [0.15, 0.2) is 0 Å². The minimum atomic E-state index is -2.90. The summed E-state index contributed by atoms with van der Waals surface area (Å²) >= 11 is 0. The molecule has 84 valence electrons. The zero-order valence-electron chi connectivity index (χ0n) is 9.07. The molecular weight excluding hydrogens is 198 g/mol. The van der Waals surface area contributed by atoms with Gasteiger partial charge in [0.25, 0.3) is 0 Å². The predicted octanol–water partition coefficient (Wildman–Crippen LogP) is 1.18. The van der Waals surface area contributed by atoms with Gasteiger partial charge in [0.05, 0.1) is 5.25 Å². The zero-order chi connectivity index (χ0) is 10.8.